The average molecular weight is 349 g/mol. The molecule has 1 aromatic carbocycles. The number of hydrogen-bond acceptors (Lipinski definition) is 1. The molecule has 0 N–H and O–H groups in total. The molecule has 0 fully saturated rings. The molecule has 0 aromatic heterocycles. The Bertz CT molecular complexity index is 485. The lowest BCUT2D eigenvalue weighted by molar-refractivity contribution is 0.0980. The minimum Gasteiger partial charge on any atom is -0.294 e. The molecule has 0 saturated carbocycles. The predicted molar refractivity (Wildman–Crippen MR) is 109 cm³/mol. The Morgan fingerprint density at radius 2 is 1.30 bits per heavy atom. The van der Waals surface area contributed by atoms with Crippen LogP contribution in [0.4, 0.5) is 0 Å². The quantitative estimate of drug-likeness (QED) is 0.371. The maximum atomic E-state index is 12.8. The molecule has 0 bridgehead atoms. The van der Waals surface area contributed by atoms with Crippen LogP contribution in [0, 0.1) is 0 Å². The van der Waals surface area contributed by atoms with Crippen LogP contribution in [-0.2, 0) is 12.8 Å². The van der Waals surface area contributed by atoms with Crippen molar-refractivity contribution in [2.45, 2.75) is 84.0 Å². The first-order valence-corrected chi connectivity index (χ1v) is 16.6. The molecule has 0 unspecified atom stereocenters. The van der Waals surface area contributed by atoms with Crippen LogP contribution in [0.3, 0.4) is 0 Å². The summed E-state index contributed by atoms with van der Waals surface area (Å²) < 4.78 is 0. The van der Waals surface area contributed by atoms with Crippen LogP contribution in [0.2, 0.25) is 51.4 Å². The fourth-order valence-electron chi connectivity index (χ4n) is 2.80. The number of rotatable bonds is 9. The molecule has 130 valence electrons. The number of Topliss-reactive ketones (excluding diaryl/α,β-unsaturated/α-hetero) is 1. The standard InChI is InChI=1S/C20H36OSi2/c1-8-10-19(21)20-17(13-15-22(2,3)4)11-9-12-18(20)14-16-23(5,6)7/h9,11-12H,8,10,13-16H2,1-7H3. The molecule has 0 amide bonds. The van der Waals surface area contributed by atoms with Gasteiger partial charge >= 0.3 is 0 Å². The van der Waals surface area contributed by atoms with Crippen molar-refractivity contribution in [1.82, 2.24) is 0 Å². The second kappa shape index (κ2) is 8.43. The fraction of sp³-hybridized carbons (Fsp3) is 0.650. The lowest BCUT2D eigenvalue weighted by atomic mass is 9.92. The smallest absolute Gasteiger partial charge is 0.163 e. The van der Waals surface area contributed by atoms with E-state index in [0.717, 1.165) is 24.8 Å². The molecule has 0 radical (unpaired) electrons. The van der Waals surface area contributed by atoms with E-state index in [0.29, 0.717) is 12.2 Å². The van der Waals surface area contributed by atoms with E-state index in [9.17, 15) is 4.79 Å². The molecule has 1 rings (SSSR count). The molecule has 0 spiro atoms. The zero-order valence-electron chi connectivity index (χ0n) is 16.4. The fourth-order valence-corrected chi connectivity index (χ4v) is 4.84. The van der Waals surface area contributed by atoms with Gasteiger partial charge in [0.1, 0.15) is 0 Å². The van der Waals surface area contributed by atoms with E-state index in [1.54, 1.807) is 0 Å². The van der Waals surface area contributed by atoms with Crippen LogP contribution in [0.15, 0.2) is 18.2 Å². The van der Waals surface area contributed by atoms with Gasteiger partial charge in [0, 0.05) is 28.1 Å². The highest BCUT2D eigenvalue weighted by molar-refractivity contribution is 6.76. The van der Waals surface area contributed by atoms with E-state index in [1.165, 1.54) is 23.2 Å². The van der Waals surface area contributed by atoms with E-state index in [4.69, 9.17) is 0 Å². The van der Waals surface area contributed by atoms with E-state index in [-0.39, 0.29) is 0 Å². The van der Waals surface area contributed by atoms with Gasteiger partial charge in [-0.3, -0.25) is 4.79 Å². The summed E-state index contributed by atoms with van der Waals surface area (Å²) in [7, 11) is -2.17. The normalized spacial score (nSPS) is 12.5. The largest absolute Gasteiger partial charge is 0.294 e. The first-order valence-electron chi connectivity index (χ1n) is 9.17. The lowest BCUT2D eigenvalue weighted by Crippen LogP contribution is -2.22. The third-order valence-corrected chi connectivity index (χ3v) is 7.78. The van der Waals surface area contributed by atoms with Crippen molar-refractivity contribution in [3.05, 3.63) is 34.9 Å². The third-order valence-electron chi connectivity index (χ3n) is 4.28. The monoisotopic (exact) mass is 348 g/mol. The number of carbonyl (C=O) groups is 1. The van der Waals surface area contributed by atoms with Gasteiger partial charge < -0.3 is 0 Å². The number of aryl methyl sites for hydroxylation is 2. The van der Waals surface area contributed by atoms with Crippen molar-refractivity contribution in [3.63, 3.8) is 0 Å². The van der Waals surface area contributed by atoms with Gasteiger partial charge in [-0.25, -0.2) is 0 Å². The van der Waals surface area contributed by atoms with E-state index in [2.05, 4.69) is 64.4 Å². The average Bonchev–Trinajstić information content (AvgIpc) is 2.41. The van der Waals surface area contributed by atoms with Gasteiger partial charge in [0.2, 0.25) is 0 Å². The van der Waals surface area contributed by atoms with Crippen molar-refractivity contribution in [1.29, 1.82) is 0 Å². The second-order valence-corrected chi connectivity index (χ2v) is 20.5. The van der Waals surface area contributed by atoms with Crippen molar-refractivity contribution >= 4 is 21.9 Å². The van der Waals surface area contributed by atoms with Crippen LogP contribution in [-0.4, -0.2) is 21.9 Å². The van der Waals surface area contributed by atoms with Gasteiger partial charge in [-0.15, -0.1) is 0 Å². The summed E-state index contributed by atoms with van der Waals surface area (Å²) in [4.78, 5) is 12.8. The first kappa shape index (κ1) is 20.4. The zero-order valence-corrected chi connectivity index (χ0v) is 18.4. The number of ketones is 1. The van der Waals surface area contributed by atoms with Gasteiger partial charge in [-0.1, -0.05) is 76.5 Å². The highest BCUT2D eigenvalue weighted by atomic mass is 28.3. The maximum absolute atomic E-state index is 12.8. The van der Waals surface area contributed by atoms with Crippen LogP contribution in [0.25, 0.3) is 0 Å². The minimum atomic E-state index is -1.09. The van der Waals surface area contributed by atoms with Crippen LogP contribution < -0.4 is 0 Å². The lowest BCUT2D eigenvalue weighted by Gasteiger charge is -2.20. The van der Waals surface area contributed by atoms with Gasteiger partial charge in [-0.05, 0) is 30.4 Å². The molecule has 3 heteroatoms. The first-order chi connectivity index (χ1) is 10.5. The van der Waals surface area contributed by atoms with Crippen LogP contribution in [0.5, 0.6) is 0 Å². The molecule has 0 heterocycles. The highest BCUT2D eigenvalue weighted by Gasteiger charge is 2.20. The van der Waals surface area contributed by atoms with Gasteiger partial charge in [0.25, 0.3) is 0 Å². The van der Waals surface area contributed by atoms with Crippen molar-refractivity contribution in [2.75, 3.05) is 0 Å². The Hall–Kier alpha value is -0.676. The summed E-state index contributed by atoms with van der Waals surface area (Å²) in [5, 5.41) is 0. The number of carbonyl (C=O) groups excluding carboxylic acids is 1. The van der Waals surface area contributed by atoms with Gasteiger partial charge in [0.05, 0.1) is 0 Å². The summed E-state index contributed by atoms with van der Waals surface area (Å²) in [5.74, 6) is 0.365. The van der Waals surface area contributed by atoms with Gasteiger partial charge in [0.15, 0.2) is 5.78 Å². The Morgan fingerprint density at radius 3 is 1.65 bits per heavy atom. The topological polar surface area (TPSA) is 17.1 Å². The summed E-state index contributed by atoms with van der Waals surface area (Å²) in [5.41, 5.74) is 3.68. The molecule has 1 nitrogen and oxygen atoms in total. The second-order valence-electron chi connectivity index (χ2n) is 9.25. The van der Waals surface area contributed by atoms with E-state index in [1.807, 2.05) is 0 Å². The minimum absolute atomic E-state index is 0.365. The van der Waals surface area contributed by atoms with Crippen molar-refractivity contribution in [3.8, 4) is 0 Å². The Labute approximate surface area is 145 Å². The van der Waals surface area contributed by atoms with E-state index >= 15 is 0 Å². The van der Waals surface area contributed by atoms with Crippen molar-refractivity contribution < 1.29 is 4.79 Å². The van der Waals surface area contributed by atoms with Crippen molar-refractivity contribution in [2.24, 2.45) is 0 Å². The summed E-state index contributed by atoms with van der Waals surface area (Å²) in [6.07, 6.45) is 3.77. The maximum Gasteiger partial charge on any atom is 0.163 e. The molecule has 0 aliphatic carbocycles. The summed E-state index contributed by atoms with van der Waals surface area (Å²) in [6, 6.07) is 9.08. The third kappa shape index (κ3) is 7.62. The molecular weight excluding hydrogens is 312 g/mol. The Morgan fingerprint density at radius 1 is 0.870 bits per heavy atom. The van der Waals surface area contributed by atoms with Crippen LogP contribution >= 0.6 is 0 Å². The molecule has 23 heavy (non-hydrogen) atoms. The predicted octanol–water partition coefficient (Wildman–Crippen LogP) is 6.43. The number of benzene rings is 1. The Balaban J connectivity index is 3.10. The van der Waals surface area contributed by atoms with E-state index < -0.39 is 16.1 Å². The Kier molecular flexibility index (Phi) is 7.47. The molecule has 0 aliphatic rings. The summed E-state index contributed by atoms with van der Waals surface area (Å²) in [6.45, 7) is 16.6. The summed E-state index contributed by atoms with van der Waals surface area (Å²) >= 11 is 0. The number of hydrogen-bond donors (Lipinski definition) is 0. The molecule has 0 atom stereocenters. The highest BCUT2D eigenvalue weighted by Crippen LogP contribution is 2.25. The molecular formula is C20H36OSi2. The molecule has 0 saturated heterocycles. The SMILES string of the molecule is CCCC(=O)c1c(CC[Si](C)(C)C)cccc1CC[Si](C)(C)C. The van der Waals surface area contributed by atoms with Crippen LogP contribution in [0.1, 0.15) is 41.3 Å². The molecule has 0 aliphatic heterocycles. The van der Waals surface area contributed by atoms with Gasteiger partial charge in [-0.2, -0.15) is 0 Å². The molecule has 1 aromatic rings. The zero-order chi connectivity index (χ0) is 17.7.